The van der Waals surface area contributed by atoms with E-state index in [2.05, 4.69) is 0 Å². The van der Waals surface area contributed by atoms with E-state index >= 15 is 0 Å². The Morgan fingerprint density at radius 1 is 1.22 bits per heavy atom. The molecule has 0 spiro atoms. The van der Waals surface area contributed by atoms with E-state index in [0.717, 1.165) is 16.3 Å². The Balaban J connectivity index is 3.05. The van der Waals surface area contributed by atoms with Crippen LogP contribution in [0.4, 0.5) is 0 Å². The molecule has 0 aliphatic rings. The van der Waals surface area contributed by atoms with Crippen molar-refractivity contribution in [1.82, 2.24) is 0 Å². The van der Waals surface area contributed by atoms with Gasteiger partial charge in [-0.1, -0.05) is 18.2 Å². The Morgan fingerprint density at radius 2 is 1.89 bits per heavy atom. The quantitative estimate of drug-likeness (QED) is 0.834. The summed E-state index contributed by atoms with van der Waals surface area (Å²) in [5.74, 6) is -1.20. The van der Waals surface area contributed by atoms with Crippen molar-refractivity contribution in [3.8, 4) is 0 Å². The molecule has 0 aromatic heterocycles. The summed E-state index contributed by atoms with van der Waals surface area (Å²) in [6.07, 6.45) is 0. The molecule has 4 nitrogen and oxygen atoms in total. The van der Waals surface area contributed by atoms with Crippen LogP contribution in [0.1, 0.15) is 21.5 Å². The number of hydrogen-bond acceptors (Lipinski definition) is 3. The first-order valence-corrected chi connectivity index (χ1v) is 8.09. The minimum absolute atomic E-state index is 0.00602. The molecule has 1 N–H and O–H groups in total. The number of hydrogen-bond donors (Lipinski definition) is 1. The summed E-state index contributed by atoms with van der Waals surface area (Å²) in [5.41, 5.74) is 1.36. The van der Waals surface area contributed by atoms with Crippen LogP contribution in [0, 0.1) is 17.4 Å². The van der Waals surface area contributed by atoms with Crippen molar-refractivity contribution in [2.45, 2.75) is 13.8 Å². The highest BCUT2D eigenvalue weighted by atomic mass is 127. The second-order valence-corrected chi connectivity index (χ2v) is 6.38. The summed E-state index contributed by atoms with van der Waals surface area (Å²) in [5, 5.41) is 10.7. The third-order valence-electron chi connectivity index (χ3n) is 2.93. The van der Waals surface area contributed by atoms with E-state index in [1.54, 1.807) is 13.0 Å². The molecule has 2 aromatic carbocycles. The van der Waals surface area contributed by atoms with E-state index in [1.165, 1.54) is 6.07 Å². The van der Waals surface area contributed by atoms with Crippen molar-refractivity contribution in [1.29, 1.82) is 0 Å². The Hall–Kier alpha value is -1.50. The fourth-order valence-electron chi connectivity index (χ4n) is 2.21. The molecule has 5 heteroatoms. The number of carboxylic acids is 1. The zero-order valence-electron chi connectivity index (χ0n) is 9.86. The van der Waals surface area contributed by atoms with Crippen LogP contribution in [0.2, 0.25) is 0 Å². The summed E-state index contributed by atoms with van der Waals surface area (Å²) < 4.78 is 22.7. The van der Waals surface area contributed by atoms with Gasteiger partial charge in [-0.25, -0.2) is 10.9 Å². The smallest absolute Gasteiger partial charge is 0.342 e. The van der Waals surface area contributed by atoms with Gasteiger partial charge in [0.1, 0.15) is 0 Å². The number of carbonyl (C=O) groups is 1. The first-order valence-electron chi connectivity index (χ1n) is 5.25. The van der Waals surface area contributed by atoms with Gasteiger partial charge in [0, 0.05) is 0 Å². The fraction of sp³-hybridized carbons (Fsp3) is 0.154. The van der Waals surface area contributed by atoms with Gasteiger partial charge in [-0.2, -0.15) is 0 Å². The molecule has 0 fully saturated rings. The molecule has 18 heavy (non-hydrogen) atoms. The van der Waals surface area contributed by atoms with Crippen molar-refractivity contribution < 1.29 is 16.0 Å². The molecule has 0 atom stereocenters. The van der Waals surface area contributed by atoms with Gasteiger partial charge in [0.15, 0.2) is 0 Å². The number of aryl methyl sites for hydroxylation is 2. The fourth-order valence-corrected chi connectivity index (χ4v) is 4.00. The lowest BCUT2D eigenvalue weighted by Gasteiger charge is -2.10. The van der Waals surface area contributed by atoms with Crippen LogP contribution >= 0.6 is 19.8 Å². The van der Waals surface area contributed by atoms with Crippen LogP contribution in [0.25, 0.3) is 10.8 Å². The van der Waals surface area contributed by atoms with Gasteiger partial charge in [-0.3, -0.25) is 0 Å². The Kier molecular flexibility index (Phi) is 3.34. The van der Waals surface area contributed by atoms with E-state index < -0.39 is 25.8 Å². The monoisotopic (exact) mass is 358 g/mol. The van der Waals surface area contributed by atoms with Crippen LogP contribution in [0.15, 0.2) is 24.3 Å². The lowest BCUT2D eigenvalue weighted by molar-refractivity contribution is 0.0695. The number of aromatic carboxylic acids is 1. The molecule has 0 unspecified atom stereocenters. The van der Waals surface area contributed by atoms with Gasteiger partial charge in [0.2, 0.25) is 0 Å². The molecule has 94 valence electrons. The number of benzene rings is 2. The van der Waals surface area contributed by atoms with Gasteiger partial charge in [-0.05, 0) is 41.8 Å². The SMILES string of the molecule is Cc1cccc2cc(C(=O)O)c(I(=O)=O)c(C)c12. The molecular formula is C13H11IO4. The largest absolute Gasteiger partial charge is 0.478 e. The highest BCUT2D eigenvalue weighted by Gasteiger charge is 2.19. The molecule has 0 aliphatic heterocycles. The van der Waals surface area contributed by atoms with Gasteiger partial charge < -0.3 is 5.11 Å². The molecule has 0 amide bonds. The first kappa shape index (κ1) is 12.9. The summed E-state index contributed by atoms with van der Waals surface area (Å²) in [6, 6.07) is 6.94. The van der Waals surface area contributed by atoms with E-state index in [1.807, 2.05) is 19.1 Å². The maximum Gasteiger partial charge on any atom is 0.342 e. The standard InChI is InChI=1S/C13H11IO4/c1-7-4-3-5-9-6-10(13(15)16)12(14(17)18)8(2)11(7)9/h3-6H,1-2H3,(H,15,16). The minimum atomic E-state index is -3.85. The van der Waals surface area contributed by atoms with E-state index in [-0.39, 0.29) is 9.13 Å². The summed E-state index contributed by atoms with van der Waals surface area (Å²) in [6.45, 7) is 3.55. The normalized spacial score (nSPS) is 11.1. The van der Waals surface area contributed by atoms with Crippen molar-refractivity contribution in [2.75, 3.05) is 0 Å². The van der Waals surface area contributed by atoms with Crippen molar-refractivity contribution >= 4 is 36.5 Å². The maximum absolute atomic E-state index is 11.4. The topological polar surface area (TPSA) is 71.4 Å². The first-order chi connectivity index (χ1) is 8.43. The predicted molar refractivity (Wildman–Crippen MR) is 74.5 cm³/mol. The molecule has 0 aliphatic carbocycles. The number of carboxylic acid groups (broad SMARTS) is 1. The molecule has 0 heterocycles. The van der Waals surface area contributed by atoms with Crippen LogP contribution in [-0.4, -0.2) is 11.1 Å². The van der Waals surface area contributed by atoms with Crippen LogP contribution < -0.4 is 0 Å². The second kappa shape index (κ2) is 4.64. The molecule has 2 rings (SSSR count). The Labute approximate surface area is 111 Å². The zero-order chi connectivity index (χ0) is 13.4. The third kappa shape index (κ3) is 1.98. The molecule has 0 saturated heterocycles. The minimum Gasteiger partial charge on any atom is -0.478 e. The molecular weight excluding hydrogens is 347 g/mol. The van der Waals surface area contributed by atoms with Crippen LogP contribution in [0.5, 0.6) is 0 Å². The van der Waals surface area contributed by atoms with Crippen molar-refractivity contribution in [3.63, 3.8) is 0 Å². The van der Waals surface area contributed by atoms with E-state index in [0.29, 0.717) is 5.56 Å². The Morgan fingerprint density at radius 3 is 2.44 bits per heavy atom. The zero-order valence-corrected chi connectivity index (χ0v) is 12.0. The van der Waals surface area contributed by atoms with E-state index in [4.69, 9.17) is 5.11 Å². The van der Waals surface area contributed by atoms with E-state index in [9.17, 15) is 10.9 Å². The summed E-state index contributed by atoms with van der Waals surface area (Å²) >= 11 is -3.85. The average Bonchev–Trinajstić information content (AvgIpc) is 2.27. The van der Waals surface area contributed by atoms with Gasteiger partial charge in [0.25, 0.3) is 0 Å². The molecule has 0 bridgehead atoms. The van der Waals surface area contributed by atoms with Gasteiger partial charge in [0.05, 0.1) is 9.13 Å². The molecule has 0 saturated carbocycles. The Bertz CT molecular complexity index is 721. The number of halogens is 1. The third-order valence-corrected chi connectivity index (χ3v) is 5.20. The lowest BCUT2D eigenvalue weighted by Crippen LogP contribution is -2.03. The number of rotatable bonds is 2. The van der Waals surface area contributed by atoms with Gasteiger partial charge >= 0.3 is 25.8 Å². The van der Waals surface area contributed by atoms with Crippen LogP contribution in [0.3, 0.4) is 0 Å². The highest BCUT2D eigenvalue weighted by Crippen LogP contribution is 2.33. The number of fused-ring (bicyclic) bond motifs is 1. The van der Waals surface area contributed by atoms with Crippen molar-refractivity contribution in [3.05, 3.63) is 44.5 Å². The predicted octanol–water partition coefficient (Wildman–Crippen LogP) is 3.52. The summed E-state index contributed by atoms with van der Waals surface area (Å²) in [4.78, 5) is 11.2. The lowest BCUT2D eigenvalue weighted by atomic mass is 9.98. The second-order valence-electron chi connectivity index (χ2n) is 4.06. The van der Waals surface area contributed by atoms with Crippen LogP contribution in [-0.2, 0) is 6.14 Å². The maximum atomic E-state index is 11.4. The molecule has 0 radical (unpaired) electrons. The average molecular weight is 358 g/mol. The highest BCUT2D eigenvalue weighted by molar-refractivity contribution is 14.2. The van der Waals surface area contributed by atoms with Crippen molar-refractivity contribution in [2.24, 2.45) is 0 Å². The molecule has 2 aromatic rings. The van der Waals surface area contributed by atoms with Gasteiger partial charge in [-0.15, -0.1) is 0 Å². The summed E-state index contributed by atoms with van der Waals surface area (Å²) in [7, 11) is 0.